The maximum Gasteiger partial charge on any atom is 0.160 e. The molecular weight excluding hydrogens is 416 g/mol. The zero-order valence-electron chi connectivity index (χ0n) is 19.7. The van der Waals surface area contributed by atoms with Gasteiger partial charge in [-0.2, -0.15) is 0 Å². The standard InChI is InChI=1S/C31H26N2O/c1-19(2)14-26-8-9-27-28(17-25-11-13-34-31(25)30(27)33-26)29-18-24(10-12-32-29)23-7-6-21-15-20(3)4-5-22(21)16-23/h4-13,15-19H,14H2,1-3H3. The molecule has 3 nitrogen and oxygen atoms in total. The molecule has 0 aliphatic carbocycles. The summed E-state index contributed by atoms with van der Waals surface area (Å²) in [5, 5.41) is 4.62. The second-order valence-corrected chi connectivity index (χ2v) is 9.55. The number of hydrogen-bond acceptors (Lipinski definition) is 3. The molecule has 0 atom stereocenters. The summed E-state index contributed by atoms with van der Waals surface area (Å²) in [4.78, 5) is 9.77. The van der Waals surface area contributed by atoms with Crippen LogP contribution in [0.25, 0.3) is 55.0 Å². The lowest BCUT2D eigenvalue weighted by molar-refractivity contribution is 0.616. The quantitative estimate of drug-likeness (QED) is 0.275. The number of benzene rings is 3. The molecule has 0 saturated heterocycles. The summed E-state index contributed by atoms with van der Waals surface area (Å²) in [7, 11) is 0. The number of furan rings is 1. The summed E-state index contributed by atoms with van der Waals surface area (Å²) in [5.41, 5.74) is 8.46. The van der Waals surface area contributed by atoms with E-state index in [4.69, 9.17) is 14.4 Å². The van der Waals surface area contributed by atoms with Crippen LogP contribution in [-0.2, 0) is 6.42 Å². The van der Waals surface area contributed by atoms with E-state index < -0.39 is 0 Å². The molecule has 0 radical (unpaired) electrons. The third-order valence-electron chi connectivity index (χ3n) is 6.44. The highest BCUT2D eigenvalue weighted by molar-refractivity contribution is 6.09. The molecule has 6 rings (SSSR count). The third kappa shape index (κ3) is 3.63. The first-order chi connectivity index (χ1) is 16.5. The van der Waals surface area contributed by atoms with E-state index in [1.54, 1.807) is 6.26 Å². The van der Waals surface area contributed by atoms with Crippen molar-refractivity contribution in [3.8, 4) is 22.4 Å². The largest absolute Gasteiger partial charge is 0.462 e. The minimum Gasteiger partial charge on any atom is -0.462 e. The molecule has 3 aromatic heterocycles. The van der Waals surface area contributed by atoms with Gasteiger partial charge in [-0.25, -0.2) is 4.98 Å². The van der Waals surface area contributed by atoms with Crippen molar-refractivity contribution in [1.82, 2.24) is 9.97 Å². The van der Waals surface area contributed by atoms with E-state index in [-0.39, 0.29) is 0 Å². The predicted octanol–water partition coefficient (Wildman–Crippen LogP) is 8.37. The zero-order chi connectivity index (χ0) is 23.2. The van der Waals surface area contributed by atoms with Gasteiger partial charge >= 0.3 is 0 Å². The predicted molar refractivity (Wildman–Crippen MR) is 141 cm³/mol. The van der Waals surface area contributed by atoms with Gasteiger partial charge in [0.25, 0.3) is 0 Å². The Hall–Kier alpha value is -3.98. The van der Waals surface area contributed by atoms with Gasteiger partial charge in [0.2, 0.25) is 0 Å². The average Bonchev–Trinajstić information content (AvgIpc) is 3.32. The molecule has 166 valence electrons. The summed E-state index contributed by atoms with van der Waals surface area (Å²) in [6.45, 7) is 6.56. The summed E-state index contributed by atoms with van der Waals surface area (Å²) < 4.78 is 5.84. The highest BCUT2D eigenvalue weighted by Crippen LogP contribution is 2.36. The van der Waals surface area contributed by atoms with Gasteiger partial charge in [-0.1, -0.05) is 55.8 Å². The van der Waals surface area contributed by atoms with Crippen LogP contribution in [0.5, 0.6) is 0 Å². The first kappa shape index (κ1) is 20.6. The fraction of sp³-hybridized carbons (Fsp3) is 0.161. The van der Waals surface area contributed by atoms with Crippen LogP contribution in [0.2, 0.25) is 0 Å². The number of hydrogen-bond donors (Lipinski definition) is 0. The molecule has 0 saturated carbocycles. The molecule has 0 spiro atoms. The van der Waals surface area contributed by atoms with Crippen molar-refractivity contribution < 1.29 is 4.42 Å². The van der Waals surface area contributed by atoms with Gasteiger partial charge in [0, 0.05) is 28.2 Å². The normalized spacial score (nSPS) is 11.8. The minimum atomic E-state index is 0.546. The fourth-order valence-corrected chi connectivity index (χ4v) is 4.79. The topological polar surface area (TPSA) is 38.9 Å². The molecular formula is C31H26N2O. The van der Waals surface area contributed by atoms with E-state index >= 15 is 0 Å². The Balaban J connectivity index is 1.51. The fourth-order valence-electron chi connectivity index (χ4n) is 4.79. The Morgan fingerprint density at radius 3 is 2.50 bits per heavy atom. The van der Waals surface area contributed by atoms with Gasteiger partial charge < -0.3 is 4.42 Å². The number of aromatic nitrogens is 2. The molecule has 0 unspecified atom stereocenters. The molecule has 0 aliphatic rings. The van der Waals surface area contributed by atoms with Crippen LogP contribution in [0.1, 0.15) is 25.1 Å². The SMILES string of the molecule is Cc1ccc2cc(-c3ccnc(-c4cc5ccoc5c5nc(CC(C)C)ccc45)c3)ccc2c1. The highest BCUT2D eigenvalue weighted by Gasteiger charge is 2.15. The van der Waals surface area contributed by atoms with Crippen molar-refractivity contribution in [2.24, 2.45) is 5.92 Å². The van der Waals surface area contributed by atoms with Crippen LogP contribution in [0.3, 0.4) is 0 Å². The molecule has 3 aromatic carbocycles. The van der Waals surface area contributed by atoms with Gasteiger partial charge in [0.15, 0.2) is 5.58 Å². The molecule has 0 bridgehead atoms. The van der Waals surface area contributed by atoms with Crippen LogP contribution < -0.4 is 0 Å². The number of rotatable bonds is 4. The van der Waals surface area contributed by atoms with E-state index in [1.165, 1.54) is 21.9 Å². The Morgan fingerprint density at radius 1 is 0.794 bits per heavy atom. The van der Waals surface area contributed by atoms with Crippen LogP contribution in [-0.4, -0.2) is 9.97 Å². The highest BCUT2D eigenvalue weighted by atomic mass is 16.3. The monoisotopic (exact) mass is 442 g/mol. The second-order valence-electron chi connectivity index (χ2n) is 9.55. The second kappa shape index (κ2) is 8.11. The molecule has 0 N–H and O–H groups in total. The lowest BCUT2D eigenvalue weighted by atomic mass is 9.97. The van der Waals surface area contributed by atoms with E-state index in [0.29, 0.717) is 5.92 Å². The van der Waals surface area contributed by atoms with Gasteiger partial charge in [0.1, 0.15) is 5.52 Å². The van der Waals surface area contributed by atoms with Crippen molar-refractivity contribution in [3.05, 3.63) is 96.5 Å². The Bertz CT molecular complexity index is 1680. The van der Waals surface area contributed by atoms with E-state index in [2.05, 4.69) is 87.5 Å². The number of aryl methyl sites for hydroxylation is 1. The van der Waals surface area contributed by atoms with Gasteiger partial charge in [-0.15, -0.1) is 0 Å². The van der Waals surface area contributed by atoms with Crippen molar-refractivity contribution in [2.45, 2.75) is 27.2 Å². The lowest BCUT2D eigenvalue weighted by Crippen LogP contribution is -1.98. The molecule has 6 aromatic rings. The summed E-state index contributed by atoms with van der Waals surface area (Å²) in [6, 6.07) is 26.0. The van der Waals surface area contributed by atoms with Gasteiger partial charge in [-0.3, -0.25) is 4.98 Å². The van der Waals surface area contributed by atoms with Crippen LogP contribution in [0.4, 0.5) is 0 Å². The van der Waals surface area contributed by atoms with E-state index in [1.807, 2.05) is 12.3 Å². The van der Waals surface area contributed by atoms with Crippen LogP contribution in [0, 0.1) is 12.8 Å². The molecule has 0 amide bonds. The molecule has 3 heterocycles. The van der Waals surface area contributed by atoms with Crippen LogP contribution >= 0.6 is 0 Å². The smallest absolute Gasteiger partial charge is 0.160 e. The minimum absolute atomic E-state index is 0.546. The molecule has 0 aliphatic heterocycles. The summed E-state index contributed by atoms with van der Waals surface area (Å²) in [5.74, 6) is 0.546. The number of fused-ring (bicyclic) bond motifs is 4. The maximum absolute atomic E-state index is 5.84. The first-order valence-electron chi connectivity index (χ1n) is 11.8. The van der Waals surface area contributed by atoms with E-state index in [9.17, 15) is 0 Å². The number of nitrogens with zero attached hydrogens (tertiary/aromatic N) is 2. The van der Waals surface area contributed by atoms with Crippen molar-refractivity contribution in [1.29, 1.82) is 0 Å². The number of pyridine rings is 2. The first-order valence-corrected chi connectivity index (χ1v) is 11.8. The van der Waals surface area contributed by atoms with Crippen molar-refractivity contribution in [3.63, 3.8) is 0 Å². The maximum atomic E-state index is 5.84. The van der Waals surface area contributed by atoms with Crippen molar-refractivity contribution in [2.75, 3.05) is 0 Å². The van der Waals surface area contributed by atoms with Gasteiger partial charge in [0.05, 0.1) is 12.0 Å². The van der Waals surface area contributed by atoms with E-state index in [0.717, 1.165) is 50.8 Å². The van der Waals surface area contributed by atoms with Crippen molar-refractivity contribution >= 4 is 32.6 Å². The molecule has 34 heavy (non-hydrogen) atoms. The van der Waals surface area contributed by atoms with Crippen LogP contribution in [0.15, 0.2) is 89.7 Å². The summed E-state index contributed by atoms with van der Waals surface area (Å²) in [6.07, 6.45) is 4.58. The van der Waals surface area contributed by atoms with Gasteiger partial charge in [-0.05, 0) is 77.6 Å². The lowest BCUT2D eigenvalue weighted by Gasteiger charge is -2.11. The summed E-state index contributed by atoms with van der Waals surface area (Å²) >= 11 is 0. The molecule has 0 fully saturated rings. The average molecular weight is 443 g/mol. The molecule has 3 heteroatoms. The Morgan fingerprint density at radius 2 is 1.62 bits per heavy atom. The Kier molecular flexibility index (Phi) is 4.91. The Labute approximate surface area is 199 Å². The zero-order valence-corrected chi connectivity index (χ0v) is 19.7. The third-order valence-corrected chi connectivity index (χ3v) is 6.44.